The van der Waals surface area contributed by atoms with Crippen LogP contribution in [0.4, 0.5) is 4.39 Å². The van der Waals surface area contributed by atoms with Crippen LogP contribution in [0.3, 0.4) is 0 Å². The van der Waals surface area contributed by atoms with E-state index >= 15 is 0 Å². The van der Waals surface area contributed by atoms with E-state index in [2.05, 4.69) is 5.09 Å². The van der Waals surface area contributed by atoms with Crippen molar-refractivity contribution < 1.29 is 27.7 Å². The Morgan fingerprint density at radius 2 is 2.07 bits per heavy atom. The third kappa shape index (κ3) is 7.12. The molecule has 1 aromatic carbocycles. The summed E-state index contributed by atoms with van der Waals surface area (Å²) in [6, 6.07) is 8.04. The van der Waals surface area contributed by atoms with Crippen LogP contribution >= 0.6 is 6.64 Å². The van der Waals surface area contributed by atoms with E-state index in [1.807, 2.05) is 13.0 Å². The van der Waals surface area contributed by atoms with Gasteiger partial charge in [0.2, 0.25) is 5.85 Å². The molecule has 1 saturated heterocycles. The van der Waals surface area contributed by atoms with Crippen LogP contribution in [-0.2, 0) is 30.6 Å². The number of alkyl halides is 1. The van der Waals surface area contributed by atoms with Crippen LogP contribution in [0.1, 0.15) is 34.1 Å². The third-order valence-electron chi connectivity index (χ3n) is 3.76. The van der Waals surface area contributed by atoms with Crippen LogP contribution < -0.4 is 9.61 Å². The number of carbonyl (C=O) groups is 1. The molecule has 0 aliphatic carbocycles. The van der Waals surface area contributed by atoms with E-state index in [0.717, 1.165) is 0 Å². The van der Waals surface area contributed by atoms with Crippen LogP contribution in [0, 0.1) is 5.92 Å². The van der Waals surface area contributed by atoms with Gasteiger partial charge in [0.05, 0.1) is 12.7 Å². The number of hydrogen-bond donors (Lipinski definition) is 1. The van der Waals surface area contributed by atoms with Crippen LogP contribution in [0.2, 0.25) is 0 Å². The van der Waals surface area contributed by atoms with Gasteiger partial charge in [-0.3, -0.25) is 4.79 Å². The molecule has 1 aliphatic rings. The number of benzene rings is 1. The predicted octanol–water partition coefficient (Wildman–Crippen LogP) is 3.96. The highest BCUT2D eigenvalue weighted by Crippen LogP contribution is 2.47. The number of hydrogen-bond acceptors (Lipinski definition) is 6. The van der Waals surface area contributed by atoms with Gasteiger partial charge in [-0.25, -0.2) is 9.48 Å². The van der Waals surface area contributed by atoms with E-state index in [-0.39, 0.29) is 25.0 Å². The highest BCUT2D eigenvalue weighted by atomic mass is 32.5. The van der Waals surface area contributed by atoms with E-state index < -0.39 is 24.5 Å². The van der Waals surface area contributed by atoms with Gasteiger partial charge in [-0.05, 0) is 50.6 Å². The fourth-order valence-corrected chi connectivity index (χ4v) is 4.96. The average Bonchev–Trinajstić information content (AvgIpc) is 2.93. The molecule has 1 aromatic rings. The molecule has 0 saturated carbocycles. The summed E-state index contributed by atoms with van der Waals surface area (Å²) in [5, 5.41) is 2.88. The molecule has 6 nitrogen and oxygen atoms in total. The van der Waals surface area contributed by atoms with Gasteiger partial charge in [-0.1, -0.05) is 25.1 Å². The molecular formula is C18H27FNO5PS. The minimum absolute atomic E-state index is 0.0967. The predicted molar refractivity (Wildman–Crippen MR) is 105 cm³/mol. The summed E-state index contributed by atoms with van der Waals surface area (Å²) in [6.45, 7) is 3.71. The van der Waals surface area contributed by atoms with E-state index in [1.165, 1.54) is 0 Å². The van der Waals surface area contributed by atoms with Crippen molar-refractivity contribution in [3.8, 4) is 5.75 Å². The van der Waals surface area contributed by atoms with Crippen LogP contribution in [0.15, 0.2) is 30.3 Å². The van der Waals surface area contributed by atoms with Gasteiger partial charge in [0.15, 0.2) is 0 Å². The molecule has 0 spiro atoms. The largest absolute Gasteiger partial charge is 0.462 e. The Labute approximate surface area is 164 Å². The molecule has 1 fully saturated rings. The zero-order valence-corrected chi connectivity index (χ0v) is 17.7. The average molecular weight is 419 g/mol. The van der Waals surface area contributed by atoms with Crippen molar-refractivity contribution in [1.82, 2.24) is 5.09 Å². The number of ether oxygens (including phenoxy) is 2. The molecule has 0 amide bonds. The number of rotatable bonds is 9. The summed E-state index contributed by atoms with van der Waals surface area (Å²) in [5.74, 6) is -1.83. The van der Waals surface area contributed by atoms with Gasteiger partial charge in [0, 0.05) is 6.42 Å². The monoisotopic (exact) mass is 419 g/mol. The molecule has 0 aromatic heterocycles. The molecule has 0 bridgehead atoms. The maximum atomic E-state index is 14.7. The van der Waals surface area contributed by atoms with Crippen molar-refractivity contribution in [1.29, 1.82) is 0 Å². The second-order valence-electron chi connectivity index (χ2n) is 7.02. The smallest absolute Gasteiger partial charge is 0.323 e. The van der Waals surface area contributed by atoms with E-state index in [0.29, 0.717) is 12.4 Å². The van der Waals surface area contributed by atoms with Crippen LogP contribution in [0.25, 0.3) is 0 Å². The lowest BCUT2D eigenvalue weighted by atomic mass is 10.1. The second kappa shape index (κ2) is 9.43. The Kier molecular flexibility index (Phi) is 7.77. The summed E-state index contributed by atoms with van der Waals surface area (Å²) in [5.41, 5.74) is 0. The van der Waals surface area contributed by atoms with E-state index in [1.54, 1.807) is 45.0 Å². The Balaban J connectivity index is 2.10. The molecular weight excluding hydrogens is 392 g/mol. The molecule has 2 rings (SSSR count). The van der Waals surface area contributed by atoms with E-state index in [9.17, 15) is 9.18 Å². The van der Waals surface area contributed by atoms with Crippen molar-refractivity contribution in [2.75, 3.05) is 13.2 Å². The van der Waals surface area contributed by atoms with Crippen LogP contribution in [0.5, 0.6) is 5.75 Å². The maximum Gasteiger partial charge on any atom is 0.323 e. The zero-order valence-electron chi connectivity index (χ0n) is 16.0. The first-order valence-electron chi connectivity index (χ1n) is 8.91. The minimum Gasteiger partial charge on any atom is -0.462 e. The summed E-state index contributed by atoms with van der Waals surface area (Å²) in [6.07, 6.45) is -0.0448. The van der Waals surface area contributed by atoms with E-state index in [4.69, 9.17) is 30.3 Å². The van der Waals surface area contributed by atoms with Gasteiger partial charge in [0.25, 0.3) is 0 Å². The van der Waals surface area contributed by atoms with Gasteiger partial charge >= 0.3 is 12.6 Å². The minimum atomic E-state index is -3.25. The highest BCUT2D eigenvalue weighted by molar-refractivity contribution is 8.09. The summed E-state index contributed by atoms with van der Waals surface area (Å²) in [7, 11) is 0. The summed E-state index contributed by atoms with van der Waals surface area (Å²) in [4.78, 5) is 12.1. The molecule has 0 radical (unpaired) electrons. The molecule has 27 heavy (non-hydrogen) atoms. The first kappa shape index (κ1) is 22.2. The zero-order chi connectivity index (χ0) is 20.1. The molecule has 1 aliphatic heterocycles. The number of esters is 1. The van der Waals surface area contributed by atoms with Crippen molar-refractivity contribution >= 4 is 24.4 Å². The standard InChI is InChI=1S/C18H27FNO5PS/c1-13(2)24-17(21)15(4)20-26(27,25-16-8-6-5-7-9-16)23-12-18(19)10-14(3)11-22-18/h5-9,13-15H,10-12H2,1-4H3,(H,20,27)/t14-,15+,18-,26-/m0/s1. The Bertz CT molecular complexity index is 677. The van der Waals surface area contributed by atoms with Crippen molar-refractivity contribution in [2.24, 2.45) is 5.92 Å². The number of para-hydroxylation sites is 1. The Hall–Kier alpha value is -1.05. The first-order chi connectivity index (χ1) is 12.6. The normalized spacial score (nSPS) is 25.8. The number of nitrogens with one attached hydrogen (secondary N) is 1. The van der Waals surface area contributed by atoms with Gasteiger partial charge < -0.3 is 18.5 Å². The number of halogens is 1. The fourth-order valence-electron chi connectivity index (χ4n) is 2.55. The third-order valence-corrected chi connectivity index (χ3v) is 6.24. The SMILES string of the molecule is CC(C)OC(=O)[C@@H](C)N[P@](=S)(OC[C@]1(F)C[C@H](C)CO1)Oc1ccccc1. The number of carbonyl (C=O) groups excluding carboxylic acids is 1. The maximum absolute atomic E-state index is 14.7. The Morgan fingerprint density at radius 3 is 2.63 bits per heavy atom. The molecule has 0 unspecified atom stereocenters. The Morgan fingerprint density at radius 1 is 1.41 bits per heavy atom. The van der Waals surface area contributed by atoms with Crippen molar-refractivity contribution in [3.63, 3.8) is 0 Å². The molecule has 1 heterocycles. The van der Waals surface area contributed by atoms with Crippen molar-refractivity contribution in [3.05, 3.63) is 30.3 Å². The lowest BCUT2D eigenvalue weighted by Crippen LogP contribution is -2.37. The topological polar surface area (TPSA) is 66.0 Å². The van der Waals surface area contributed by atoms with Gasteiger partial charge in [-0.2, -0.15) is 0 Å². The second-order valence-corrected chi connectivity index (χ2v) is 10.2. The van der Waals surface area contributed by atoms with Crippen LogP contribution in [-0.4, -0.2) is 37.2 Å². The lowest BCUT2D eigenvalue weighted by molar-refractivity contribution is -0.149. The molecule has 1 N–H and O–H groups in total. The highest BCUT2D eigenvalue weighted by Gasteiger charge is 2.41. The summed E-state index contributed by atoms with van der Waals surface area (Å²) < 4.78 is 36.6. The lowest BCUT2D eigenvalue weighted by Gasteiger charge is -2.29. The van der Waals surface area contributed by atoms with Gasteiger partial charge in [-0.15, -0.1) is 0 Å². The summed E-state index contributed by atoms with van der Waals surface area (Å²) >= 11 is 5.53. The molecule has 4 atom stereocenters. The quantitative estimate of drug-likeness (QED) is 0.480. The van der Waals surface area contributed by atoms with Crippen molar-refractivity contribution in [2.45, 2.75) is 52.1 Å². The first-order valence-corrected chi connectivity index (χ1v) is 11.5. The molecule has 152 valence electrons. The molecule has 9 heteroatoms. The van der Waals surface area contributed by atoms with Gasteiger partial charge in [0.1, 0.15) is 18.4 Å². The fraction of sp³-hybridized carbons (Fsp3) is 0.611.